The number of nitrogens with one attached hydrogen (secondary N) is 3. The monoisotopic (exact) mass is 463 g/mol. The van der Waals surface area contributed by atoms with Crippen molar-refractivity contribution >= 4 is 33.5 Å². The minimum absolute atomic E-state index is 0.0503. The summed E-state index contributed by atoms with van der Waals surface area (Å²) >= 11 is 0. The van der Waals surface area contributed by atoms with E-state index in [9.17, 15) is 4.79 Å². The number of rotatable bonds is 5. The Morgan fingerprint density at radius 2 is 1.86 bits per heavy atom. The molecule has 0 radical (unpaired) electrons. The topological polar surface area (TPSA) is 125 Å². The van der Waals surface area contributed by atoms with Crippen LogP contribution in [0.2, 0.25) is 0 Å². The summed E-state index contributed by atoms with van der Waals surface area (Å²) in [6.07, 6.45) is 10.2. The minimum atomic E-state index is -0.114. The van der Waals surface area contributed by atoms with Crippen LogP contribution in [0.1, 0.15) is 13.8 Å². The number of pyridine rings is 2. The Morgan fingerprint density at radius 1 is 0.971 bits per heavy atom. The molecular formula is C26H21N7O2. The lowest BCUT2D eigenvalue weighted by Gasteiger charge is -2.09. The molecule has 0 atom stereocenters. The zero-order valence-corrected chi connectivity index (χ0v) is 19.0. The SMILES string of the molecule is CC(C)C(=O)Nc1cncc(-c2ccc3[nH]nc(-c4nc5c(-c6ccoc6)cncc5[nH]4)c3c2)c1. The number of H-pyrrole nitrogens is 2. The lowest BCUT2D eigenvalue weighted by molar-refractivity contribution is -0.118. The Kier molecular flexibility index (Phi) is 4.88. The molecule has 5 heterocycles. The molecule has 9 heteroatoms. The quantitative estimate of drug-likeness (QED) is 0.314. The largest absolute Gasteiger partial charge is 0.472 e. The third-order valence-corrected chi connectivity index (χ3v) is 5.88. The van der Waals surface area contributed by atoms with Crippen molar-refractivity contribution in [2.75, 3.05) is 5.32 Å². The smallest absolute Gasteiger partial charge is 0.226 e. The second kappa shape index (κ2) is 8.21. The van der Waals surface area contributed by atoms with Gasteiger partial charge in [-0.15, -0.1) is 0 Å². The highest BCUT2D eigenvalue weighted by Crippen LogP contribution is 2.33. The lowest BCUT2D eigenvalue weighted by Crippen LogP contribution is -2.17. The van der Waals surface area contributed by atoms with Crippen molar-refractivity contribution in [1.82, 2.24) is 30.1 Å². The molecule has 9 nitrogen and oxygen atoms in total. The summed E-state index contributed by atoms with van der Waals surface area (Å²) < 4.78 is 5.24. The number of amides is 1. The molecule has 6 aromatic rings. The number of carbonyl (C=O) groups excluding carboxylic acids is 1. The third-order valence-electron chi connectivity index (χ3n) is 5.88. The average molecular weight is 464 g/mol. The summed E-state index contributed by atoms with van der Waals surface area (Å²) in [5, 5.41) is 11.4. The molecule has 6 rings (SSSR count). The number of imidazole rings is 1. The number of hydrogen-bond acceptors (Lipinski definition) is 6. The maximum absolute atomic E-state index is 12.1. The van der Waals surface area contributed by atoms with Gasteiger partial charge in [0.2, 0.25) is 5.91 Å². The molecule has 1 amide bonds. The molecule has 0 unspecified atom stereocenters. The van der Waals surface area contributed by atoms with Gasteiger partial charge in [-0.2, -0.15) is 5.10 Å². The van der Waals surface area contributed by atoms with Crippen LogP contribution < -0.4 is 5.32 Å². The van der Waals surface area contributed by atoms with Gasteiger partial charge in [0.15, 0.2) is 5.82 Å². The van der Waals surface area contributed by atoms with Crippen LogP contribution in [0.15, 0.2) is 72.1 Å². The first-order valence-corrected chi connectivity index (χ1v) is 11.2. The molecular weight excluding hydrogens is 442 g/mol. The minimum Gasteiger partial charge on any atom is -0.472 e. The Balaban J connectivity index is 1.41. The molecule has 5 aromatic heterocycles. The summed E-state index contributed by atoms with van der Waals surface area (Å²) in [6, 6.07) is 9.81. The number of hydrogen-bond donors (Lipinski definition) is 3. The van der Waals surface area contributed by atoms with Crippen LogP contribution in [-0.4, -0.2) is 36.0 Å². The molecule has 0 saturated carbocycles. The highest BCUT2D eigenvalue weighted by atomic mass is 16.3. The van der Waals surface area contributed by atoms with E-state index in [0.717, 1.165) is 44.2 Å². The first-order chi connectivity index (χ1) is 17.1. The van der Waals surface area contributed by atoms with Gasteiger partial charge in [0.1, 0.15) is 11.2 Å². The number of aromatic nitrogens is 6. The van der Waals surface area contributed by atoms with Crippen LogP contribution >= 0.6 is 0 Å². The molecule has 0 fully saturated rings. The summed E-state index contributed by atoms with van der Waals surface area (Å²) in [6.45, 7) is 3.71. The van der Waals surface area contributed by atoms with Gasteiger partial charge in [-0.1, -0.05) is 19.9 Å². The summed E-state index contributed by atoms with van der Waals surface area (Å²) in [5.41, 5.74) is 7.47. The van der Waals surface area contributed by atoms with Crippen LogP contribution in [-0.2, 0) is 4.79 Å². The highest BCUT2D eigenvalue weighted by Gasteiger charge is 2.17. The van der Waals surface area contributed by atoms with Crippen molar-refractivity contribution in [2.45, 2.75) is 13.8 Å². The second-order valence-corrected chi connectivity index (χ2v) is 8.62. The fourth-order valence-corrected chi connectivity index (χ4v) is 4.00. The van der Waals surface area contributed by atoms with E-state index in [2.05, 4.69) is 30.5 Å². The zero-order chi connectivity index (χ0) is 23.9. The molecule has 0 aliphatic carbocycles. The number of aromatic amines is 2. The molecule has 0 saturated heterocycles. The van der Waals surface area contributed by atoms with E-state index in [1.54, 1.807) is 37.3 Å². The predicted octanol–water partition coefficient (Wildman–Crippen LogP) is 5.42. The van der Waals surface area contributed by atoms with Gasteiger partial charge in [-0.05, 0) is 29.8 Å². The zero-order valence-electron chi connectivity index (χ0n) is 19.0. The maximum atomic E-state index is 12.1. The Bertz CT molecular complexity index is 1680. The van der Waals surface area contributed by atoms with Crippen molar-refractivity contribution < 1.29 is 9.21 Å². The van der Waals surface area contributed by atoms with Crippen LogP contribution in [0.3, 0.4) is 0 Å². The van der Waals surface area contributed by atoms with E-state index in [0.29, 0.717) is 17.2 Å². The average Bonchev–Trinajstić information content (AvgIpc) is 3.62. The van der Waals surface area contributed by atoms with Crippen LogP contribution in [0.4, 0.5) is 5.69 Å². The van der Waals surface area contributed by atoms with Crippen LogP contribution in [0.5, 0.6) is 0 Å². The van der Waals surface area contributed by atoms with E-state index in [-0.39, 0.29) is 11.8 Å². The Labute approximate surface area is 199 Å². The molecule has 3 N–H and O–H groups in total. The Morgan fingerprint density at radius 3 is 2.69 bits per heavy atom. The van der Waals surface area contributed by atoms with Gasteiger partial charge < -0.3 is 14.7 Å². The van der Waals surface area contributed by atoms with Gasteiger partial charge in [-0.3, -0.25) is 19.9 Å². The second-order valence-electron chi connectivity index (χ2n) is 8.62. The van der Waals surface area contributed by atoms with E-state index in [1.165, 1.54) is 0 Å². The van der Waals surface area contributed by atoms with Crippen molar-refractivity contribution in [3.8, 4) is 33.8 Å². The van der Waals surface area contributed by atoms with Crippen molar-refractivity contribution in [2.24, 2.45) is 5.92 Å². The normalized spacial score (nSPS) is 11.5. The number of nitrogens with zero attached hydrogens (tertiary/aromatic N) is 4. The van der Waals surface area contributed by atoms with Crippen LogP contribution in [0.25, 0.3) is 55.7 Å². The highest BCUT2D eigenvalue weighted by molar-refractivity contribution is 5.98. The summed E-state index contributed by atoms with van der Waals surface area (Å²) in [7, 11) is 0. The fourth-order valence-electron chi connectivity index (χ4n) is 4.00. The van der Waals surface area contributed by atoms with E-state index >= 15 is 0 Å². The van der Waals surface area contributed by atoms with Gasteiger partial charge in [-0.25, -0.2) is 4.98 Å². The summed E-state index contributed by atoms with van der Waals surface area (Å²) in [5.74, 6) is 0.472. The number of fused-ring (bicyclic) bond motifs is 2. The molecule has 0 aliphatic heterocycles. The van der Waals surface area contributed by atoms with Gasteiger partial charge >= 0.3 is 0 Å². The fraction of sp³-hybridized carbons (Fsp3) is 0.115. The van der Waals surface area contributed by atoms with E-state index in [4.69, 9.17) is 9.40 Å². The number of benzene rings is 1. The van der Waals surface area contributed by atoms with Crippen molar-refractivity contribution in [3.63, 3.8) is 0 Å². The number of furan rings is 1. The van der Waals surface area contributed by atoms with Crippen LogP contribution in [0, 0.1) is 5.92 Å². The van der Waals surface area contributed by atoms with Crippen molar-refractivity contribution in [1.29, 1.82) is 0 Å². The molecule has 0 aliphatic rings. The standard InChI is InChI=1S/C26H21N7O2/c1-14(2)26(34)29-18-7-17(9-27-10-18)15-3-4-21-19(8-15)24(33-32-21)25-30-22-12-28-11-20(23(22)31-25)16-5-6-35-13-16/h3-14H,1-2H3,(H,29,34)(H,30,31)(H,32,33). The predicted molar refractivity (Wildman–Crippen MR) is 133 cm³/mol. The van der Waals surface area contributed by atoms with Gasteiger partial charge in [0.05, 0.1) is 41.6 Å². The third kappa shape index (κ3) is 3.72. The maximum Gasteiger partial charge on any atom is 0.226 e. The molecule has 1 aromatic carbocycles. The lowest BCUT2D eigenvalue weighted by atomic mass is 10.0. The molecule has 0 spiro atoms. The van der Waals surface area contributed by atoms with Gasteiger partial charge in [0, 0.05) is 40.4 Å². The summed E-state index contributed by atoms with van der Waals surface area (Å²) in [4.78, 5) is 29.0. The van der Waals surface area contributed by atoms with Gasteiger partial charge in [0.25, 0.3) is 0 Å². The first-order valence-electron chi connectivity index (χ1n) is 11.2. The molecule has 35 heavy (non-hydrogen) atoms. The molecule has 0 bridgehead atoms. The number of anilines is 1. The first kappa shape index (κ1) is 20.8. The number of carbonyl (C=O) groups is 1. The van der Waals surface area contributed by atoms with E-state index < -0.39 is 0 Å². The Hall–Kier alpha value is -4.79. The van der Waals surface area contributed by atoms with E-state index in [1.807, 2.05) is 44.2 Å². The molecule has 172 valence electrons. The van der Waals surface area contributed by atoms with Crippen molar-refractivity contribution in [3.05, 3.63) is 67.6 Å².